The van der Waals surface area contributed by atoms with Crippen molar-refractivity contribution in [2.75, 3.05) is 0 Å². The fourth-order valence-electron chi connectivity index (χ4n) is 1.53. The molecular formula is C12H12FN3. The third kappa shape index (κ3) is 2.06. The molecule has 4 heteroatoms. The number of nitrogens with zero attached hydrogens (tertiary/aromatic N) is 2. The summed E-state index contributed by atoms with van der Waals surface area (Å²) < 4.78 is 13.1. The smallest absolute Gasteiger partial charge is 0.125 e. The molecule has 16 heavy (non-hydrogen) atoms. The molecular weight excluding hydrogens is 205 g/mol. The van der Waals surface area contributed by atoms with E-state index >= 15 is 0 Å². The van der Waals surface area contributed by atoms with Crippen molar-refractivity contribution in [2.24, 2.45) is 5.73 Å². The van der Waals surface area contributed by atoms with E-state index in [1.54, 1.807) is 19.2 Å². The fourth-order valence-corrected chi connectivity index (χ4v) is 1.53. The summed E-state index contributed by atoms with van der Waals surface area (Å²) in [4.78, 5) is 8.37. The van der Waals surface area contributed by atoms with Gasteiger partial charge in [0.05, 0.1) is 5.69 Å². The molecule has 3 nitrogen and oxygen atoms in total. The van der Waals surface area contributed by atoms with Gasteiger partial charge in [-0.15, -0.1) is 0 Å². The van der Waals surface area contributed by atoms with Gasteiger partial charge in [0.15, 0.2) is 0 Å². The van der Waals surface area contributed by atoms with Crippen LogP contribution in [-0.2, 0) is 6.54 Å². The highest BCUT2D eigenvalue weighted by molar-refractivity contribution is 5.62. The van der Waals surface area contributed by atoms with Gasteiger partial charge >= 0.3 is 0 Å². The van der Waals surface area contributed by atoms with E-state index in [2.05, 4.69) is 9.97 Å². The number of benzene rings is 1. The Labute approximate surface area is 93.2 Å². The summed E-state index contributed by atoms with van der Waals surface area (Å²) >= 11 is 0. The molecule has 0 aliphatic carbocycles. The van der Waals surface area contributed by atoms with E-state index < -0.39 is 0 Å². The first-order valence-corrected chi connectivity index (χ1v) is 4.99. The second-order valence-electron chi connectivity index (χ2n) is 3.51. The van der Waals surface area contributed by atoms with Gasteiger partial charge in [0.25, 0.3) is 0 Å². The molecule has 1 aromatic carbocycles. The highest BCUT2D eigenvalue weighted by Crippen LogP contribution is 2.21. The van der Waals surface area contributed by atoms with Crippen molar-refractivity contribution >= 4 is 0 Å². The molecule has 0 atom stereocenters. The van der Waals surface area contributed by atoms with Gasteiger partial charge in [-0.25, -0.2) is 14.4 Å². The van der Waals surface area contributed by atoms with Crippen LogP contribution in [0.25, 0.3) is 11.3 Å². The molecule has 0 spiro atoms. The van der Waals surface area contributed by atoms with E-state index in [9.17, 15) is 4.39 Å². The van der Waals surface area contributed by atoms with Crippen LogP contribution in [0.5, 0.6) is 0 Å². The first-order valence-electron chi connectivity index (χ1n) is 4.99. The minimum atomic E-state index is -0.281. The Morgan fingerprint density at radius 2 is 2.19 bits per heavy atom. The van der Waals surface area contributed by atoms with E-state index in [0.29, 0.717) is 18.1 Å². The predicted octanol–water partition coefficient (Wildman–Crippen LogP) is 2.05. The minimum Gasteiger partial charge on any atom is -0.326 e. The Bertz CT molecular complexity index is 511. The summed E-state index contributed by atoms with van der Waals surface area (Å²) in [5.41, 5.74) is 7.85. The average Bonchev–Trinajstić information content (AvgIpc) is 2.29. The summed E-state index contributed by atoms with van der Waals surface area (Å²) in [6.07, 6.45) is 1.68. The van der Waals surface area contributed by atoms with Gasteiger partial charge in [0.1, 0.15) is 11.6 Å². The van der Waals surface area contributed by atoms with Gasteiger partial charge in [0.2, 0.25) is 0 Å². The molecule has 0 unspecified atom stereocenters. The van der Waals surface area contributed by atoms with Crippen LogP contribution in [0.2, 0.25) is 0 Å². The van der Waals surface area contributed by atoms with Crippen LogP contribution in [0, 0.1) is 12.7 Å². The van der Waals surface area contributed by atoms with Crippen molar-refractivity contribution < 1.29 is 4.39 Å². The standard InChI is InChI=1S/C12H12FN3/c1-8-15-7-10(6-14)12(16-8)9-3-2-4-11(13)5-9/h2-5,7H,6,14H2,1H3. The van der Waals surface area contributed by atoms with Gasteiger partial charge < -0.3 is 5.73 Å². The predicted molar refractivity (Wildman–Crippen MR) is 60.1 cm³/mol. The molecule has 0 bridgehead atoms. The van der Waals surface area contributed by atoms with E-state index in [1.165, 1.54) is 12.1 Å². The van der Waals surface area contributed by atoms with Gasteiger partial charge in [-0.2, -0.15) is 0 Å². The monoisotopic (exact) mass is 217 g/mol. The normalized spacial score (nSPS) is 10.4. The number of hydrogen-bond acceptors (Lipinski definition) is 3. The maximum absolute atomic E-state index is 13.1. The zero-order valence-corrected chi connectivity index (χ0v) is 8.94. The van der Waals surface area contributed by atoms with Crippen molar-refractivity contribution in [3.05, 3.63) is 47.7 Å². The van der Waals surface area contributed by atoms with E-state index in [1.807, 2.05) is 6.07 Å². The third-order valence-corrected chi connectivity index (χ3v) is 2.30. The van der Waals surface area contributed by atoms with Crippen molar-refractivity contribution in [1.82, 2.24) is 9.97 Å². The lowest BCUT2D eigenvalue weighted by Crippen LogP contribution is -2.03. The maximum atomic E-state index is 13.1. The molecule has 82 valence electrons. The first-order chi connectivity index (χ1) is 7.70. The van der Waals surface area contributed by atoms with Crippen LogP contribution < -0.4 is 5.73 Å². The number of aromatic nitrogens is 2. The summed E-state index contributed by atoms with van der Waals surface area (Å²) in [6.45, 7) is 2.13. The van der Waals surface area contributed by atoms with Gasteiger partial charge in [-0.3, -0.25) is 0 Å². The van der Waals surface area contributed by atoms with E-state index in [-0.39, 0.29) is 5.82 Å². The third-order valence-electron chi connectivity index (χ3n) is 2.30. The van der Waals surface area contributed by atoms with Crippen molar-refractivity contribution in [3.63, 3.8) is 0 Å². The Kier molecular flexibility index (Phi) is 2.92. The molecule has 0 radical (unpaired) electrons. The highest BCUT2D eigenvalue weighted by Gasteiger charge is 2.07. The van der Waals surface area contributed by atoms with Crippen LogP contribution in [-0.4, -0.2) is 9.97 Å². The maximum Gasteiger partial charge on any atom is 0.125 e. The minimum absolute atomic E-state index is 0.281. The summed E-state index contributed by atoms with van der Waals surface area (Å²) in [6, 6.07) is 6.31. The quantitative estimate of drug-likeness (QED) is 0.837. The second-order valence-corrected chi connectivity index (χ2v) is 3.51. The largest absolute Gasteiger partial charge is 0.326 e. The molecule has 0 fully saturated rings. The molecule has 0 saturated heterocycles. The molecule has 2 N–H and O–H groups in total. The van der Waals surface area contributed by atoms with Crippen LogP contribution in [0.15, 0.2) is 30.5 Å². The summed E-state index contributed by atoms with van der Waals surface area (Å²) in [5, 5.41) is 0. The number of hydrogen-bond donors (Lipinski definition) is 1. The van der Waals surface area contributed by atoms with E-state index in [4.69, 9.17) is 5.73 Å². The summed E-state index contributed by atoms with van der Waals surface area (Å²) in [5.74, 6) is 0.369. The zero-order valence-electron chi connectivity index (χ0n) is 8.94. The molecule has 0 saturated carbocycles. The van der Waals surface area contributed by atoms with Crippen molar-refractivity contribution in [3.8, 4) is 11.3 Å². The highest BCUT2D eigenvalue weighted by atomic mass is 19.1. The lowest BCUT2D eigenvalue weighted by Gasteiger charge is -2.07. The molecule has 1 aromatic heterocycles. The molecule has 0 amide bonds. The second kappa shape index (κ2) is 4.37. The molecule has 2 rings (SSSR count). The Morgan fingerprint density at radius 1 is 1.38 bits per heavy atom. The van der Waals surface area contributed by atoms with Crippen LogP contribution in [0.1, 0.15) is 11.4 Å². The van der Waals surface area contributed by atoms with E-state index in [0.717, 1.165) is 11.1 Å². The van der Waals surface area contributed by atoms with Crippen LogP contribution in [0.3, 0.4) is 0 Å². The number of rotatable bonds is 2. The van der Waals surface area contributed by atoms with Gasteiger partial charge in [-0.05, 0) is 19.1 Å². The topological polar surface area (TPSA) is 51.8 Å². The van der Waals surface area contributed by atoms with Gasteiger partial charge in [0, 0.05) is 23.9 Å². The first kappa shape index (κ1) is 10.7. The Hall–Kier alpha value is -1.81. The average molecular weight is 217 g/mol. The van der Waals surface area contributed by atoms with Crippen molar-refractivity contribution in [2.45, 2.75) is 13.5 Å². The lowest BCUT2D eigenvalue weighted by molar-refractivity contribution is 0.628. The number of halogens is 1. The Morgan fingerprint density at radius 3 is 2.88 bits per heavy atom. The van der Waals surface area contributed by atoms with Gasteiger partial charge in [-0.1, -0.05) is 12.1 Å². The lowest BCUT2D eigenvalue weighted by atomic mass is 10.1. The molecule has 2 aromatic rings. The Balaban J connectivity index is 2.58. The molecule has 0 aliphatic rings. The fraction of sp³-hybridized carbons (Fsp3) is 0.167. The number of aryl methyl sites for hydroxylation is 1. The molecule has 0 aliphatic heterocycles. The molecule has 1 heterocycles. The SMILES string of the molecule is Cc1ncc(CN)c(-c2cccc(F)c2)n1. The number of nitrogens with two attached hydrogens (primary N) is 1. The van der Waals surface area contributed by atoms with Crippen molar-refractivity contribution in [1.29, 1.82) is 0 Å². The van der Waals surface area contributed by atoms with Crippen LogP contribution >= 0.6 is 0 Å². The zero-order chi connectivity index (χ0) is 11.5. The van der Waals surface area contributed by atoms with Crippen LogP contribution in [0.4, 0.5) is 4.39 Å². The summed E-state index contributed by atoms with van der Waals surface area (Å²) in [7, 11) is 0.